The Morgan fingerprint density at radius 1 is 1.36 bits per heavy atom. The lowest BCUT2D eigenvalue weighted by molar-refractivity contribution is -0.160. The second kappa shape index (κ2) is 4.41. The van der Waals surface area contributed by atoms with Gasteiger partial charge in [-0.25, -0.2) is 0 Å². The first-order valence-corrected chi connectivity index (χ1v) is 4.53. The molecule has 1 aliphatic heterocycles. The third kappa shape index (κ3) is 1.87. The molecule has 1 saturated heterocycles. The average Bonchev–Trinajstić information content (AvgIpc) is 2.14. The van der Waals surface area contributed by atoms with Gasteiger partial charge in [-0.1, -0.05) is 0 Å². The van der Waals surface area contributed by atoms with E-state index in [0.29, 0.717) is 0 Å². The van der Waals surface area contributed by atoms with E-state index in [9.17, 15) is 9.59 Å². The van der Waals surface area contributed by atoms with Gasteiger partial charge in [0.1, 0.15) is 12.1 Å². The first-order valence-electron chi connectivity index (χ1n) is 4.53. The fourth-order valence-corrected chi connectivity index (χ4v) is 1.57. The van der Waals surface area contributed by atoms with Gasteiger partial charge in [0, 0.05) is 6.54 Å². The van der Waals surface area contributed by atoms with E-state index in [0.717, 1.165) is 13.0 Å². The zero-order valence-corrected chi connectivity index (χ0v) is 8.65. The van der Waals surface area contributed by atoms with Crippen LogP contribution in [0.4, 0.5) is 0 Å². The first kappa shape index (κ1) is 11.0. The van der Waals surface area contributed by atoms with E-state index in [1.54, 1.807) is 11.8 Å². The summed E-state index contributed by atoms with van der Waals surface area (Å²) in [5.41, 5.74) is 0. The number of likely N-dealkylation sites (tertiary alicyclic amines) is 1. The molecular formula is C9H15NO4. The number of rotatable bonds is 3. The minimum atomic E-state index is -0.377. The van der Waals surface area contributed by atoms with E-state index in [4.69, 9.17) is 0 Å². The minimum Gasteiger partial charge on any atom is -0.468 e. The Kier molecular flexibility index (Phi) is 3.46. The van der Waals surface area contributed by atoms with Gasteiger partial charge in [0.25, 0.3) is 0 Å². The number of carbonyl (C=O) groups excluding carboxylic acids is 2. The van der Waals surface area contributed by atoms with Gasteiger partial charge in [-0.2, -0.15) is 0 Å². The lowest BCUT2D eigenvalue weighted by atomic mass is 10.0. The molecule has 2 unspecified atom stereocenters. The Balaban J connectivity index is 2.53. The molecular weight excluding hydrogens is 186 g/mol. The molecule has 0 radical (unpaired) electrons. The predicted octanol–water partition coefficient (Wildman–Crippen LogP) is -0.205. The highest BCUT2D eigenvalue weighted by Crippen LogP contribution is 2.22. The van der Waals surface area contributed by atoms with Gasteiger partial charge < -0.3 is 9.47 Å². The van der Waals surface area contributed by atoms with Crippen molar-refractivity contribution < 1.29 is 19.1 Å². The van der Waals surface area contributed by atoms with Gasteiger partial charge in [0.15, 0.2) is 0 Å². The van der Waals surface area contributed by atoms with E-state index in [2.05, 4.69) is 9.47 Å². The van der Waals surface area contributed by atoms with Crippen molar-refractivity contribution in [1.29, 1.82) is 0 Å². The van der Waals surface area contributed by atoms with Crippen LogP contribution < -0.4 is 0 Å². The molecule has 1 rings (SSSR count). The maximum Gasteiger partial charge on any atom is 0.323 e. The maximum absolute atomic E-state index is 11.2. The molecule has 2 atom stereocenters. The highest BCUT2D eigenvalue weighted by molar-refractivity contribution is 5.80. The Morgan fingerprint density at radius 3 is 2.36 bits per heavy atom. The average molecular weight is 201 g/mol. The van der Waals surface area contributed by atoms with Crippen LogP contribution in [0.5, 0.6) is 0 Å². The molecule has 0 aromatic carbocycles. The fraction of sp³-hybridized carbons (Fsp3) is 0.778. The smallest absolute Gasteiger partial charge is 0.323 e. The fourth-order valence-electron chi connectivity index (χ4n) is 1.57. The van der Waals surface area contributed by atoms with E-state index in [1.807, 2.05) is 0 Å². The van der Waals surface area contributed by atoms with Crippen molar-refractivity contribution in [3.63, 3.8) is 0 Å². The van der Waals surface area contributed by atoms with Crippen LogP contribution in [0, 0.1) is 0 Å². The SMILES string of the molecule is COC(=O)C(C)N1CCC1C(=O)OC. The monoisotopic (exact) mass is 201 g/mol. The molecule has 0 aliphatic carbocycles. The molecule has 5 heteroatoms. The van der Waals surface area contributed by atoms with Crippen molar-refractivity contribution in [2.45, 2.75) is 25.4 Å². The zero-order chi connectivity index (χ0) is 10.7. The van der Waals surface area contributed by atoms with Crippen molar-refractivity contribution in [2.24, 2.45) is 0 Å². The van der Waals surface area contributed by atoms with Gasteiger partial charge in [-0.3, -0.25) is 14.5 Å². The number of methoxy groups -OCH3 is 2. The summed E-state index contributed by atoms with van der Waals surface area (Å²) in [6, 6.07) is -0.660. The normalized spacial score (nSPS) is 23.5. The lowest BCUT2D eigenvalue weighted by Gasteiger charge is -2.41. The van der Waals surface area contributed by atoms with Crippen LogP contribution in [0.3, 0.4) is 0 Å². The second-order valence-corrected chi connectivity index (χ2v) is 3.26. The summed E-state index contributed by atoms with van der Waals surface area (Å²) in [4.78, 5) is 24.2. The molecule has 0 aromatic heterocycles. The van der Waals surface area contributed by atoms with Crippen LogP contribution in [0.25, 0.3) is 0 Å². The molecule has 1 aliphatic rings. The van der Waals surface area contributed by atoms with Crippen molar-refractivity contribution in [2.75, 3.05) is 20.8 Å². The summed E-state index contributed by atoms with van der Waals surface area (Å²) in [7, 11) is 2.69. The van der Waals surface area contributed by atoms with Crippen LogP contribution in [-0.4, -0.2) is 49.7 Å². The standard InChI is InChI=1S/C9H15NO4/c1-6(8(11)13-2)10-5-4-7(10)9(12)14-3/h6-7H,4-5H2,1-3H3. The minimum absolute atomic E-state index is 0.283. The summed E-state index contributed by atoms with van der Waals surface area (Å²) in [5.74, 6) is -0.606. The van der Waals surface area contributed by atoms with Gasteiger partial charge >= 0.3 is 11.9 Å². The molecule has 80 valence electrons. The number of carbonyl (C=O) groups is 2. The molecule has 1 heterocycles. The molecule has 0 saturated carbocycles. The zero-order valence-electron chi connectivity index (χ0n) is 8.65. The Labute approximate surface area is 83.0 Å². The highest BCUT2D eigenvalue weighted by Gasteiger charge is 2.40. The number of hydrogen-bond donors (Lipinski definition) is 0. The summed E-state index contributed by atoms with van der Waals surface area (Å²) in [5, 5.41) is 0. The topological polar surface area (TPSA) is 55.8 Å². The van der Waals surface area contributed by atoms with Crippen molar-refractivity contribution >= 4 is 11.9 Å². The van der Waals surface area contributed by atoms with E-state index in [-0.39, 0.29) is 24.0 Å². The van der Waals surface area contributed by atoms with Gasteiger partial charge in [0.05, 0.1) is 14.2 Å². The van der Waals surface area contributed by atoms with E-state index >= 15 is 0 Å². The molecule has 5 nitrogen and oxygen atoms in total. The van der Waals surface area contributed by atoms with E-state index in [1.165, 1.54) is 14.2 Å². The number of ether oxygens (including phenoxy) is 2. The van der Waals surface area contributed by atoms with Crippen LogP contribution in [0.15, 0.2) is 0 Å². The van der Waals surface area contributed by atoms with Crippen molar-refractivity contribution in [3.05, 3.63) is 0 Å². The largest absolute Gasteiger partial charge is 0.468 e. The molecule has 14 heavy (non-hydrogen) atoms. The Hall–Kier alpha value is -1.10. The summed E-state index contributed by atoms with van der Waals surface area (Å²) in [6.45, 7) is 2.46. The van der Waals surface area contributed by atoms with Gasteiger partial charge in [0.2, 0.25) is 0 Å². The van der Waals surface area contributed by atoms with Crippen LogP contribution >= 0.6 is 0 Å². The van der Waals surface area contributed by atoms with Crippen LogP contribution in [-0.2, 0) is 19.1 Å². The number of nitrogens with zero attached hydrogens (tertiary/aromatic N) is 1. The summed E-state index contributed by atoms with van der Waals surface area (Å²) >= 11 is 0. The Morgan fingerprint density at radius 2 is 2.00 bits per heavy atom. The third-order valence-corrected chi connectivity index (χ3v) is 2.57. The van der Waals surface area contributed by atoms with Gasteiger partial charge in [-0.15, -0.1) is 0 Å². The molecule has 0 spiro atoms. The van der Waals surface area contributed by atoms with Crippen molar-refractivity contribution in [3.8, 4) is 0 Å². The van der Waals surface area contributed by atoms with Crippen molar-refractivity contribution in [1.82, 2.24) is 4.90 Å². The molecule has 0 amide bonds. The first-order chi connectivity index (χ1) is 6.61. The molecule has 0 N–H and O–H groups in total. The number of hydrogen-bond acceptors (Lipinski definition) is 5. The lowest BCUT2D eigenvalue weighted by Crippen LogP contribution is -2.58. The second-order valence-electron chi connectivity index (χ2n) is 3.26. The molecule has 0 bridgehead atoms. The van der Waals surface area contributed by atoms with Crippen LogP contribution in [0.2, 0.25) is 0 Å². The Bertz CT molecular complexity index is 223. The predicted molar refractivity (Wildman–Crippen MR) is 48.6 cm³/mol. The van der Waals surface area contributed by atoms with E-state index < -0.39 is 0 Å². The third-order valence-electron chi connectivity index (χ3n) is 2.57. The summed E-state index contributed by atoms with van der Waals surface area (Å²) in [6.07, 6.45) is 0.744. The molecule has 1 fully saturated rings. The highest BCUT2D eigenvalue weighted by atomic mass is 16.5. The summed E-state index contributed by atoms with van der Waals surface area (Å²) < 4.78 is 9.21. The van der Waals surface area contributed by atoms with Crippen LogP contribution in [0.1, 0.15) is 13.3 Å². The number of esters is 2. The quantitative estimate of drug-likeness (QED) is 0.592. The maximum atomic E-state index is 11.2. The van der Waals surface area contributed by atoms with Gasteiger partial charge in [-0.05, 0) is 13.3 Å². The molecule has 0 aromatic rings.